The van der Waals surface area contributed by atoms with Crippen LogP contribution in [0.1, 0.15) is 25.7 Å². The first-order valence-corrected chi connectivity index (χ1v) is 8.51. The van der Waals surface area contributed by atoms with Crippen molar-refractivity contribution < 1.29 is 8.42 Å². The molecule has 104 valence electrons. The zero-order chi connectivity index (χ0) is 13.3. The van der Waals surface area contributed by atoms with E-state index in [-0.39, 0.29) is 11.3 Å². The lowest BCUT2D eigenvalue weighted by Gasteiger charge is -2.27. The maximum Gasteiger partial charge on any atom is 0.214 e. The fraction of sp³-hybridized carbons (Fsp3) is 0.571. The van der Waals surface area contributed by atoms with Gasteiger partial charge in [-0.25, -0.2) is 13.1 Å². The average Bonchev–Trinajstić information content (AvgIpc) is 3.18. The molecule has 1 aromatic carbocycles. The predicted molar refractivity (Wildman–Crippen MR) is 76.8 cm³/mol. The largest absolute Gasteiger partial charge is 0.367 e. The van der Waals surface area contributed by atoms with Crippen LogP contribution >= 0.6 is 0 Å². The Bertz CT molecular complexity index is 526. The van der Waals surface area contributed by atoms with Crippen LogP contribution in [-0.2, 0) is 10.0 Å². The van der Waals surface area contributed by atoms with E-state index in [2.05, 4.69) is 21.8 Å². The van der Waals surface area contributed by atoms with Gasteiger partial charge in [0.15, 0.2) is 0 Å². The van der Waals surface area contributed by atoms with Gasteiger partial charge >= 0.3 is 0 Å². The molecule has 19 heavy (non-hydrogen) atoms. The molecular weight excluding hydrogens is 260 g/mol. The van der Waals surface area contributed by atoms with Crippen LogP contribution < -0.4 is 9.62 Å². The van der Waals surface area contributed by atoms with Gasteiger partial charge in [-0.1, -0.05) is 18.2 Å². The molecule has 0 radical (unpaired) electrons. The lowest BCUT2D eigenvalue weighted by Crippen LogP contribution is -2.41. The summed E-state index contributed by atoms with van der Waals surface area (Å²) in [5.74, 6) is 0. The molecule has 1 aliphatic carbocycles. The highest BCUT2D eigenvalue weighted by Crippen LogP contribution is 2.28. The van der Waals surface area contributed by atoms with Crippen LogP contribution in [0.15, 0.2) is 30.3 Å². The van der Waals surface area contributed by atoms with Gasteiger partial charge in [0, 0.05) is 24.8 Å². The van der Waals surface area contributed by atoms with Crippen molar-refractivity contribution in [3.05, 3.63) is 30.3 Å². The van der Waals surface area contributed by atoms with E-state index >= 15 is 0 Å². The van der Waals surface area contributed by atoms with Crippen molar-refractivity contribution in [3.8, 4) is 0 Å². The molecule has 1 saturated carbocycles. The third-order valence-electron chi connectivity index (χ3n) is 3.95. The molecule has 4 nitrogen and oxygen atoms in total. The van der Waals surface area contributed by atoms with Crippen LogP contribution in [-0.4, -0.2) is 32.8 Å². The van der Waals surface area contributed by atoms with Gasteiger partial charge in [0.25, 0.3) is 0 Å². The fourth-order valence-electron chi connectivity index (χ4n) is 2.72. The van der Waals surface area contributed by atoms with E-state index in [9.17, 15) is 8.42 Å². The Hall–Kier alpha value is -1.07. The topological polar surface area (TPSA) is 49.4 Å². The van der Waals surface area contributed by atoms with Crippen molar-refractivity contribution >= 4 is 15.7 Å². The van der Waals surface area contributed by atoms with Gasteiger partial charge in [-0.05, 0) is 37.8 Å². The predicted octanol–water partition coefficient (Wildman–Crippen LogP) is 1.74. The van der Waals surface area contributed by atoms with Gasteiger partial charge in [0.2, 0.25) is 10.0 Å². The molecular formula is C14H20N2O2S. The molecule has 1 aliphatic heterocycles. The molecule has 0 aromatic heterocycles. The summed E-state index contributed by atoms with van der Waals surface area (Å²) in [6.45, 7) is 1.55. The molecule has 1 aromatic rings. The first-order chi connectivity index (χ1) is 9.17. The zero-order valence-electron chi connectivity index (χ0n) is 11.0. The molecule has 1 N–H and O–H groups in total. The second kappa shape index (κ2) is 5.13. The Kier molecular flexibility index (Phi) is 3.50. The summed E-state index contributed by atoms with van der Waals surface area (Å²) in [6.07, 6.45) is 3.83. The number of para-hydroxylation sites is 1. The molecule has 3 rings (SSSR count). The van der Waals surface area contributed by atoms with Crippen LogP contribution in [0.25, 0.3) is 0 Å². The van der Waals surface area contributed by atoms with E-state index in [1.165, 1.54) is 5.69 Å². The first-order valence-electron chi connectivity index (χ1n) is 6.97. The van der Waals surface area contributed by atoms with Gasteiger partial charge in [0.05, 0.1) is 5.25 Å². The van der Waals surface area contributed by atoms with E-state index in [1.54, 1.807) is 0 Å². The molecule has 1 heterocycles. The van der Waals surface area contributed by atoms with Crippen LogP contribution in [0.4, 0.5) is 5.69 Å². The Balaban J connectivity index is 1.64. The molecule has 1 saturated heterocycles. The second-order valence-electron chi connectivity index (χ2n) is 5.42. The smallest absolute Gasteiger partial charge is 0.214 e. The molecule has 5 heteroatoms. The summed E-state index contributed by atoms with van der Waals surface area (Å²) in [6, 6.07) is 10.5. The number of anilines is 1. The monoisotopic (exact) mass is 280 g/mol. The van der Waals surface area contributed by atoms with Gasteiger partial charge in [0.1, 0.15) is 0 Å². The molecule has 1 atom stereocenters. The third kappa shape index (κ3) is 2.92. The highest BCUT2D eigenvalue weighted by molar-refractivity contribution is 7.90. The highest BCUT2D eigenvalue weighted by Gasteiger charge is 2.36. The minimum absolute atomic E-state index is 0.126. The third-order valence-corrected chi connectivity index (χ3v) is 5.87. The summed E-state index contributed by atoms with van der Waals surface area (Å²) >= 11 is 0. The molecule has 0 amide bonds. The number of hydrogen-bond acceptors (Lipinski definition) is 3. The zero-order valence-corrected chi connectivity index (χ0v) is 11.8. The molecule has 0 spiro atoms. The van der Waals surface area contributed by atoms with Crippen LogP contribution in [0, 0.1) is 0 Å². The fourth-order valence-corrected chi connectivity index (χ4v) is 4.13. The van der Waals surface area contributed by atoms with Crippen LogP contribution in [0.3, 0.4) is 0 Å². The van der Waals surface area contributed by atoms with Crippen molar-refractivity contribution in [2.75, 3.05) is 18.0 Å². The van der Waals surface area contributed by atoms with Crippen molar-refractivity contribution in [1.29, 1.82) is 0 Å². The maximum atomic E-state index is 11.9. The average molecular weight is 280 g/mol. The van der Waals surface area contributed by atoms with Gasteiger partial charge in [-0.3, -0.25) is 0 Å². The maximum absolute atomic E-state index is 11.9. The number of benzene rings is 1. The number of rotatable bonds is 5. The SMILES string of the molecule is O=S(=O)(NC[C@@H]1CCCN1c1ccccc1)C1CC1. The molecule has 0 bridgehead atoms. The van der Waals surface area contributed by atoms with Crippen molar-refractivity contribution in [3.63, 3.8) is 0 Å². The van der Waals surface area contributed by atoms with Crippen molar-refractivity contribution in [2.45, 2.75) is 37.0 Å². The van der Waals surface area contributed by atoms with E-state index in [4.69, 9.17) is 0 Å². The minimum Gasteiger partial charge on any atom is -0.367 e. The van der Waals surface area contributed by atoms with E-state index in [1.807, 2.05) is 18.2 Å². The number of sulfonamides is 1. The van der Waals surface area contributed by atoms with E-state index in [0.29, 0.717) is 6.54 Å². The Morgan fingerprint density at radius 1 is 1.16 bits per heavy atom. The molecule has 0 unspecified atom stereocenters. The Labute approximate surface area is 114 Å². The standard InChI is InChI=1S/C14H20N2O2S/c17-19(18,14-8-9-14)15-11-13-7-4-10-16(13)12-5-2-1-3-6-12/h1-3,5-6,13-15H,4,7-11H2/t13-/m0/s1. The number of nitrogens with zero attached hydrogens (tertiary/aromatic N) is 1. The summed E-state index contributed by atoms with van der Waals surface area (Å²) in [5.41, 5.74) is 1.19. The van der Waals surface area contributed by atoms with Crippen LogP contribution in [0.2, 0.25) is 0 Å². The van der Waals surface area contributed by atoms with E-state index in [0.717, 1.165) is 32.2 Å². The Morgan fingerprint density at radius 3 is 2.58 bits per heavy atom. The number of nitrogens with one attached hydrogen (secondary N) is 1. The van der Waals surface area contributed by atoms with Gasteiger partial charge in [-0.2, -0.15) is 0 Å². The number of hydrogen-bond donors (Lipinski definition) is 1. The highest BCUT2D eigenvalue weighted by atomic mass is 32.2. The second-order valence-corrected chi connectivity index (χ2v) is 7.46. The van der Waals surface area contributed by atoms with Crippen LogP contribution in [0.5, 0.6) is 0 Å². The molecule has 2 fully saturated rings. The summed E-state index contributed by atoms with van der Waals surface area (Å²) in [5, 5.41) is -0.126. The Morgan fingerprint density at radius 2 is 1.89 bits per heavy atom. The summed E-state index contributed by atoms with van der Waals surface area (Å²) in [4.78, 5) is 2.31. The lowest BCUT2D eigenvalue weighted by atomic mass is 10.2. The van der Waals surface area contributed by atoms with Crippen molar-refractivity contribution in [2.24, 2.45) is 0 Å². The van der Waals surface area contributed by atoms with E-state index < -0.39 is 10.0 Å². The van der Waals surface area contributed by atoms with Gasteiger partial charge in [-0.15, -0.1) is 0 Å². The normalized spacial score (nSPS) is 23.8. The summed E-state index contributed by atoms with van der Waals surface area (Å²) < 4.78 is 26.5. The first kappa shape index (κ1) is 12.9. The lowest BCUT2D eigenvalue weighted by molar-refractivity contribution is 0.566. The van der Waals surface area contributed by atoms with Gasteiger partial charge < -0.3 is 4.90 Å². The quantitative estimate of drug-likeness (QED) is 0.894. The minimum atomic E-state index is -3.06. The summed E-state index contributed by atoms with van der Waals surface area (Å²) in [7, 11) is -3.06. The van der Waals surface area contributed by atoms with Crippen molar-refractivity contribution in [1.82, 2.24) is 4.72 Å². The molecule has 2 aliphatic rings.